The van der Waals surface area contributed by atoms with Crippen molar-refractivity contribution in [3.05, 3.63) is 28.2 Å². The third kappa shape index (κ3) is 2.48. The van der Waals surface area contributed by atoms with Gasteiger partial charge in [-0.1, -0.05) is 22.9 Å². The smallest absolute Gasteiger partial charge is 0.261 e. The minimum Gasteiger partial charge on any atom is -0.396 e. The molecule has 2 heterocycles. The van der Waals surface area contributed by atoms with Gasteiger partial charge in [-0.15, -0.1) is 0 Å². The maximum absolute atomic E-state index is 15.0. The Morgan fingerprint density at radius 3 is 2.78 bits per heavy atom. The summed E-state index contributed by atoms with van der Waals surface area (Å²) in [6, 6.07) is 5.55. The predicted molar refractivity (Wildman–Crippen MR) is 92.5 cm³/mol. The first-order chi connectivity index (χ1) is 10.7. The first kappa shape index (κ1) is 17.1. The summed E-state index contributed by atoms with van der Waals surface area (Å²) in [5.41, 5.74) is -0.0369. The molecule has 0 radical (unpaired) electrons. The van der Waals surface area contributed by atoms with E-state index in [1.165, 1.54) is 0 Å². The first-order valence-electron chi connectivity index (χ1n) is 7.81. The molecule has 7 heteroatoms. The third-order valence-corrected chi connectivity index (χ3v) is 8.04. The first-order valence-corrected chi connectivity index (χ1v) is 11.6. The molecule has 0 saturated carbocycles. The number of halogens is 2. The number of anilines is 1. The van der Waals surface area contributed by atoms with Gasteiger partial charge in [0.25, 0.3) is 5.91 Å². The molecular weight excluding hydrogens is 381 g/mol. The van der Waals surface area contributed by atoms with Gasteiger partial charge < -0.3 is 19.3 Å². The number of benzene rings is 1. The largest absolute Gasteiger partial charge is 0.396 e. The van der Waals surface area contributed by atoms with Gasteiger partial charge in [-0.25, -0.2) is 0 Å². The summed E-state index contributed by atoms with van der Waals surface area (Å²) in [6.45, 7) is 5.11. The SMILES string of the molecule is C[C@@H]1[C@@H]([Si](C)(C)F)[C@H](CCO)O[C@@]12C(=O)Nc1ccc(Br)cc12. The van der Waals surface area contributed by atoms with Gasteiger partial charge in [0.05, 0.1) is 6.10 Å². The second-order valence-electron chi connectivity index (χ2n) is 6.93. The second kappa shape index (κ2) is 5.65. The minimum atomic E-state index is -3.07. The Morgan fingerprint density at radius 2 is 2.17 bits per heavy atom. The topological polar surface area (TPSA) is 58.6 Å². The molecule has 0 aliphatic carbocycles. The molecule has 23 heavy (non-hydrogen) atoms. The van der Waals surface area contributed by atoms with E-state index in [0.717, 1.165) is 10.0 Å². The van der Waals surface area contributed by atoms with Crippen molar-refractivity contribution in [3.8, 4) is 0 Å². The molecule has 2 N–H and O–H groups in total. The fraction of sp³-hybridized carbons (Fsp3) is 0.562. The van der Waals surface area contributed by atoms with Crippen LogP contribution in [0.3, 0.4) is 0 Å². The lowest BCUT2D eigenvalue weighted by molar-refractivity contribution is -0.143. The molecule has 2 aliphatic heterocycles. The van der Waals surface area contributed by atoms with Gasteiger partial charge in [0.2, 0.25) is 8.41 Å². The molecule has 4 nitrogen and oxygen atoms in total. The fourth-order valence-corrected chi connectivity index (χ4v) is 7.14. The zero-order chi connectivity index (χ0) is 17.0. The Kier molecular flexibility index (Phi) is 4.19. The van der Waals surface area contributed by atoms with Crippen molar-refractivity contribution in [3.63, 3.8) is 0 Å². The van der Waals surface area contributed by atoms with E-state index in [2.05, 4.69) is 21.2 Å². The standard InChI is InChI=1S/C16H21BrFNO3Si/c1-9-14(23(2,3)18)13(6-7-20)22-16(9)11-8-10(17)4-5-12(11)19-15(16)21/h4-5,8-9,13-14,20H,6-7H2,1-3H3,(H,19,21)/t9-,13+,14-,16+/m1/s1. The Hall–Kier alpha value is -0.763. The van der Waals surface area contributed by atoms with E-state index in [0.29, 0.717) is 12.1 Å². The van der Waals surface area contributed by atoms with Gasteiger partial charge in [-0.2, -0.15) is 0 Å². The summed E-state index contributed by atoms with van der Waals surface area (Å²) in [7, 11) is -3.07. The molecule has 3 rings (SSSR count). The van der Waals surface area contributed by atoms with Crippen LogP contribution in [-0.4, -0.2) is 32.1 Å². The van der Waals surface area contributed by atoms with E-state index in [-0.39, 0.29) is 24.0 Å². The number of aliphatic hydroxyl groups excluding tert-OH is 1. The highest BCUT2D eigenvalue weighted by molar-refractivity contribution is 9.10. The monoisotopic (exact) mass is 401 g/mol. The van der Waals surface area contributed by atoms with Crippen LogP contribution in [0.15, 0.2) is 22.7 Å². The van der Waals surface area contributed by atoms with Crippen LogP contribution in [0.4, 0.5) is 9.80 Å². The molecule has 1 fully saturated rings. The fourth-order valence-electron chi connectivity index (χ4n) is 4.24. The van der Waals surface area contributed by atoms with Crippen LogP contribution in [0.1, 0.15) is 18.9 Å². The van der Waals surface area contributed by atoms with Crippen LogP contribution < -0.4 is 5.32 Å². The zero-order valence-corrected chi connectivity index (χ0v) is 16.0. The number of carbonyl (C=O) groups is 1. The summed E-state index contributed by atoms with van der Waals surface area (Å²) in [5.74, 6) is -0.525. The normalized spacial score (nSPS) is 33.1. The van der Waals surface area contributed by atoms with Crippen molar-refractivity contribution in [2.45, 2.75) is 43.7 Å². The maximum Gasteiger partial charge on any atom is 0.261 e. The highest BCUT2D eigenvalue weighted by Crippen LogP contribution is 2.58. The van der Waals surface area contributed by atoms with Crippen LogP contribution >= 0.6 is 15.9 Å². The second-order valence-corrected chi connectivity index (χ2v) is 11.6. The summed E-state index contributed by atoms with van der Waals surface area (Å²) in [4.78, 5) is 12.8. The van der Waals surface area contributed by atoms with Gasteiger partial charge in [-0.05, 0) is 37.7 Å². The van der Waals surface area contributed by atoms with Crippen molar-refractivity contribution in [2.75, 3.05) is 11.9 Å². The van der Waals surface area contributed by atoms with Gasteiger partial charge in [0, 0.05) is 33.8 Å². The molecule has 126 valence electrons. The van der Waals surface area contributed by atoms with Crippen LogP contribution in [-0.2, 0) is 15.1 Å². The van der Waals surface area contributed by atoms with Crippen molar-refractivity contribution >= 4 is 35.9 Å². The summed E-state index contributed by atoms with van der Waals surface area (Å²) in [6.07, 6.45) is -0.106. The van der Waals surface area contributed by atoms with Crippen LogP contribution in [0, 0.1) is 5.92 Å². The quantitative estimate of drug-likeness (QED) is 0.601. The van der Waals surface area contributed by atoms with Crippen LogP contribution in [0.5, 0.6) is 0 Å². The molecule has 0 bridgehead atoms. The van der Waals surface area contributed by atoms with Gasteiger partial charge in [0.1, 0.15) is 0 Å². The van der Waals surface area contributed by atoms with E-state index in [4.69, 9.17) is 4.74 Å². The highest BCUT2D eigenvalue weighted by Gasteiger charge is 2.64. The summed E-state index contributed by atoms with van der Waals surface area (Å²) >= 11 is 3.44. The predicted octanol–water partition coefficient (Wildman–Crippen LogP) is 3.56. The number of hydrogen-bond donors (Lipinski definition) is 2. The van der Waals surface area contributed by atoms with Gasteiger partial charge >= 0.3 is 0 Å². The number of carbonyl (C=O) groups excluding carboxylic acids is 1. The lowest BCUT2D eigenvalue weighted by Crippen LogP contribution is -2.41. The minimum absolute atomic E-state index is 0.0819. The molecule has 0 aromatic heterocycles. The summed E-state index contributed by atoms with van der Waals surface area (Å²) < 4.78 is 22.0. The number of hydrogen-bond acceptors (Lipinski definition) is 3. The third-order valence-electron chi connectivity index (χ3n) is 5.09. The lowest BCUT2D eigenvalue weighted by atomic mass is 9.82. The molecule has 1 saturated heterocycles. The van der Waals surface area contributed by atoms with Crippen molar-refractivity contribution in [2.24, 2.45) is 5.92 Å². The summed E-state index contributed by atoms with van der Waals surface area (Å²) in [5, 5.41) is 12.2. The van der Waals surface area contributed by atoms with Gasteiger partial charge in [0.15, 0.2) is 5.60 Å². The Labute approximate surface area is 144 Å². The number of fused-ring (bicyclic) bond motifs is 2. The molecule has 2 aliphatic rings. The number of rotatable bonds is 3. The van der Waals surface area contributed by atoms with E-state index in [9.17, 15) is 14.0 Å². The number of amides is 1. The molecule has 0 unspecified atom stereocenters. The van der Waals surface area contributed by atoms with Crippen LogP contribution in [0.2, 0.25) is 18.6 Å². The van der Waals surface area contributed by atoms with E-state index >= 15 is 0 Å². The Morgan fingerprint density at radius 1 is 1.48 bits per heavy atom. The van der Waals surface area contributed by atoms with Crippen molar-refractivity contribution < 1.29 is 18.7 Å². The van der Waals surface area contributed by atoms with Crippen molar-refractivity contribution in [1.82, 2.24) is 0 Å². The van der Waals surface area contributed by atoms with Gasteiger partial charge in [-0.3, -0.25) is 4.79 Å². The van der Waals surface area contributed by atoms with E-state index in [1.807, 2.05) is 25.1 Å². The highest BCUT2D eigenvalue weighted by atomic mass is 79.9. The van der Waals surface area contributed by atoms with Crippen molar-refractivity contribution in [1.29, 1.82) is 0 Å². The maximum atomic E-state index is 15.0. The molecule has 1 spiro atoms. The average molecular weight is 402 g/mol. The number of ether oxygens (including phenoxy) is 1. The molecule has 1 amide bonds. The Balaban J connectivity index is 2.13. The number of aliphatic hydroxyl groups is 1. The van der Waals surface area contributed by atoms with E-state index in [1.54, 1.807) is 13.1 Å². The molecular formula is C16H21BrFNO3Si. The average Bonchev–Trinajstić information content (AvgIpc) is 2.88. The molecule has 1 aromatic rings. The lowest BCUT2D eigenvalue weighted by Gasteiger charge is -2.30. The number of nitrogens with one attached hydrogen (secondary N) is 1. The Bertz CT molecular complexity index is 651. The van der Waals surface area contributed by atoms with Crippen LogP contribution in [0.25, 0.3) is 0 Å². The molecule has 1 aromatic carbocycles. The van der Waals surface area contributed by atoms with E-state index < -0.39 is 20.1 Å². The molecule has 4 atom stereocenters. The zero-order valence-electron chi connectivity index (χ0n) is 13.4.